The summed E-state index contributed by atoms with van der Waals surface area (Å²) < 4.78 is 12.3. The quantitative estimate of drug-likeness (QED) is 0.808. The maximum absolute atomic E-state index is 6.14. The Hall–Kier alpha value is -1.66. The van der Waals surface area contributed by atoms with Gasteiger partial charge in [-0.1, -0.05) is 6.07 Å². The van der Waals surface area contributed by atoms with Gasteiger partial charge in [-0.05, 0) is 59.1 Å². The van der Waals surface area contributed by atoms with Gasteiger partial charge in [0.25, 0.3) is 0 Å². The Balaban J connectivity index is 1.96. The predicted molar refractivity (Wildman–Crippen MR) is 98.8 cm³/mol. The summed E-state index contributed by atoms with van der Waals surface area (Å²) in [6, 6.07) is 6.02. The summed E-state index contributed by atoms with van der Waals surface area (Å²) in [6.07, 6.45) is 1.84. The summed E-state index contributed by atoms with van der Waals surface area (Å²) in [5.41, 5.74) is 2.04. The van der Waals surface area contributed by atoms with E-state index in [1.165, 1.54) is 0 Å². The largest absolute Gasteiger partial charge is 0.494 e. The Kier molecular flexibility index (Phi) is 4.30. The number of benzene rings is 1. The van der Waals surface area contributed by atoms with Gasteiger partial charge in [-0.3, -0.25) is 4.98 Å². The normalized spacial score (nSPS) is 19.0. The van der Waals surface area contributed by atoms with Crippen molar-refractivity contribution in [3.05, 3.63) is 24.4 Å². The lowest BCUT2D eigenvalue weighted by atomic mass is 9.79. The highest BCUT2D eigenvalue weighted by atomic mass is 16.7. The van der Waals surface area contributed by atoms with Crippen LogP contribution in [-0.2, 0) is 9.31 Å². The van der Waals surface area contributed by atoms with E-state index in [0.29, 0.717) is 0 Å². The summed E-state index contributed by atoms with van der Waals surface area (Å²) >= 11 is 0. The first-order valence-electron chi connectivity index (χ1n) is 8.64. The van der Waals surface area contributed by atoms with Crippen LogP contribution in [0.15, 0.2) is 24.4 Å². The van der Waals surface area contributed by atoms with E-state index in [1.807, 2.05) is 24.4 Å². The van der Waals surface area contributed by atoms with Gasteiger partial charge in [0.1, 0.15) is 5.82 Å². The molecule has 1 fully saturated rings. The number of rotatable bonds is 4. The molecule has 0 radical (unpaired) electrons. The minimum Gasteiger partial charge on any atom is -0.399 e. The van der Waals surface area contributed by atoms with Gasteiger partial charge in [-0.15, -0.1) is 0 Å². The van der Waals surface area contributed by atoms with Crippen molar-refractivity contribution in [2.24, 2.45) is 0 Å². The monoisotopic (exact) mass is 327 g/mol. The molecule has 1 aromatic heterocycles. The second kappa shape index (κ2) is 6.01. The van der Waals surface area contributed by atoms with Gasteiger partial charge in [-0.2, -0.15) is 0 Å². The van der Waals surface area contributed by atoms with Gasteiger partial charge in [0.15, 0.2) is 0 Å². The maximum atomic E-state index is 6.14. The van der Waals surface area contributed by atoms with E-state index >= 15 is 0 Å². The van der Waals surface area contributed by atoms with E-state index in [-0.39, 0.29) is 18.3 Å². The van der Waals surface area contributed by atoms with Crippen molar-refractivity contribution in [3.8, 4) is 0 Å². The number of hydrogen-bond acceptors (Lipinski definition) is 5. The van der Waals surface area contributed by atoms with Crippen LogP contribution < -0.4 is 10.4 Å². The molecule has 1 saturated heterocycles. The van der Waals surface area contributed by atoms with Crippen LogP contribution in [-0.4, -0.2) is 41.4 Å². The molecule has 0 saturated carbocycles. The highest BCUT2D eigenvalue weighted by Crippen LogP contribution is 2.36. The molecule has 128 valence electrons. The first-order valence-corrected chi connectivity index (χ1v) is 8.64. The average molecular weight is 327 g/mol. The standard InChI is InChI=1S/C18H26BN3O2/c1-7-22(8-2)16-12-20-14-10-9-13(11-15(14)21-16)19-23-17(3,4)18(5,6)24-19/h9-12H,7-8H2,1-6H3. The van der Waals surface area contributed by atoms with E-state index in [0.717, 1.165) is 35.4 Å². The molecule has 0 aliphatic carbocycles. The van der Waals surface area contributed by atoms with Gasteiger partial charge in [0.2, 0.25) is 0 Å². The third-order valence-electron chi connectivity index (χ3n) is 5.17. The van der Waals surface area contributed by atoms with Crippen molar-refractivity contribution in [2.75, 3.05) is 18.0 Å². The van der Waals surface area contributed by atoms with Crippen LogP contribution in [0.3, 0.4) is 0 Å². The van der Waals surface area contributed by atoms with Crippen molar-refractivity contribution in [2.45, 2.75) is 52.7 Å². The molecule has 0 unspecified atom stereocenters. The molecule has 0 amide bonds. The van der Waals surface area contributed by atoms with Crippen LogP contribution in [0.4, 0.5) is 5.82 Å². The molecule has 0 N–H and O–H groups in total. The molecule has 2 aromatic rings. The lowest BCUT2D eigenvalue weighted by molar-refractivity contribution is 0.00578. The number of aromatic nitrogens is 2. The summed E-state index contributed by atoms with van der Waals surface area (Å²) in [5, 5.41) is 0. The number of anilines is 1. The molecule has 1 aliphatic rings. The Morgan fingerprint density at radius 1 is 1.00 bits per heavy atom. The van der Waals surface area contributed by atoms with Crippen LogP contribution in [0, 0.1) is 0 Å². The third kappa shape index (κ3) is 2.89. The topological polar surface area (TPSA) is 47.5 Å². The fourth-order valence-corrected chi connectivity index (χ4v) is 2.84. The van der Waals surface area contributed by atoms with Gasteiger partial charge in [0.05, 0.1) is 28.4 Å². The maximum Gasteiger partial charge on any atom is 0.494 e. The van der Waals surface area contributed by atoms with Crippen LogP contribution in [0.5, 0.6) is 0 Å². The van der Waals surface area contributed by atoms with Gasteiger partial charge in [-0.25, -0.2) is 4.98 Å². The van der Waals surface area contributed by atoms with Crippen molar-refractivity contribution in [3.63, 3.8) is 0 Å². The number of fused-ring (bicyclic) bond motifs is 1. The first kappa shape index (κ1) is 17.2. The van der Waals surface area contributed by atoms with Crippen molar-refractivity contribution in [1.29, 1.82) is 0 Å². The zero-order valence-electron chi connectivity index (χ0n) is 15.5. The summed E-state index contributed by atoms with van der Waals surface area (Å²) in [4.78, 5) is 11.5. The molecule has 24 heavy (non-hydrogen) atoms. The van der Waals surface area contributed by atoms with Gasteiger partial charge < -0.3 is 14.2 Å². The summed E-state index contributed by atoms with van der Waals surface area (Å²) in [5.74, 6) is 0.901. The molecular weight excluding hydrogens is 301 g/mol. The second-order valence-electron chi connectivity index (χ2n) is 7.24. The van der Waals surface area contributed by atoms with Gasteiger partial charge >= 0.3 is 7.12 Å². The molecule has 6 heteroatoms. The number of hydrogen-bond donors (Lipinski definition) is 0. The molecule has 3 rings (SSSR count). The van der Waals surface area contributed by atoms with E-state index in [4.69, 9.17) is 14.3 Å². The van der Waals surface area contributed by atoms with Crippen LogP contribution in [0.2, 0.25) is 0 Å². The molecule has 5 nitrogen and oxygen atoms in total. The summed E-state index contributed by atoms with van der Waals surface area (Å²) in [6.45, 7) is 14.3. The minimum atomic E-state index is -0.377. The van der Waals surface area contributed by atoms with Crippen molar-refractivity contribution in [1.82, 2.24) is 9.97 Å². The van der Waals surface area contributed by atoms with Gasteiger partial charge in [0, 0.05) is 13.1 Å². The second-order valence-corrected chi connectivity index (χ2v) is 7.24. The minimum absolute atomic E-state index is 0.346. The lowest BCUT2D eigenvalue weighted by Crippen LogP contribution is -2.41. The van der Waals surface area contributed by atoms with E-state index in [1.54, 1.807) is 0 Å². The molecule has 1 aliphatic heterocycles. The van der Waals surface area contributed by atoms with Crippen molar-refractivity contribution >= 4 is 29.4 Å². The van der Waals surface area contributed by atoms with Crippen LogP contribution in [0.25, 0.3) is 11.0 Å². The summed E-state index contributed by atoms with van der Waals surface area (Å²) in [7, 11) is -0.377. The zero-order chi connectivity index (χ0) is 17.5. The third-order valence-corrected chi connectivity index (χ3v) is 5.17. The average Bonchev–Trinajstić information content (AvgIpc) is 2.76. The van der Waals surface area contributed by atoms with E-state index < -0.39 is 0 Å². The van der Waals surface area contributed by atoms with Crippen molar-refractivity contribution < 1.29 is 9.31 Å². The molecule has 0 spiro atoms. The Bertz CT molecular complexity index is 728. The first-order chi connectivity index (χ1) is 11.3. The fourth-order valence-electron chi connectivity index (χ4n) is 2.84. The smallest absolute Gasteiger partial charge is 0.399 e. The Morgan fingerprint density at radius 2 is 1.62 bits per heavy atom. The fraction of sp³-hybridized carbons (Fsp3) is 0.556. The highest BCUT2D eigenvalue weighted by Gasteiger charge is 2.51. The highest BCUT2D eigenvalue weighted by molar-refractivity contribution is 6.62. The lowest BCUT2D eigenvalue weighted by Gasteiger charge is -2.32. The SMILES string of the molecule is CCN(CC)c1cnc2ccc(B3OC(C)(C)C(C)(C)O3)cc2n1. The molecule has 0 bridgehead atoms. The molecule has 0 atom stereocenters. The molecular formula is C18H26BN3O2. The molecule has 1 aromatic carbocycles. The number of nitrogens with zero attached hydrogens (tertiary/aromatic N) is 3. The van der Waals surface area contributed by atoms with Crippen LogP contribution >= 0.6 is 0 Å². The van der Waals surface area contributed by atoms with E-state index in [9.17, 15) is 0 Å². The van der Waals surface area contributed by atoms with Crippen LogP contribution in [0.1, 0.15) is 41.5 Å². The van der Waals surface area contributed by atoms with E-state index in [2.05, 4.69) is 51.4 Å². The predicted octanol–water partition coefficient (Wildman–Crippen LogP) is 2.78. The zero-order valence-corrected chi connectivity index (χ0v) is 15.5. The Labute approximate surface area is 144 Å². The molecule has 2 heterocycles. The Morgan fingerprint density at radius 3 is 2.21 bits per heavy atom.